The van der Waals surface area contributed by atoms with Crippen molar-refractivity contribution < 1.29 is 13.2 Å². The first-order chi connectivity index (χ1) is 9.02. The lowest BCUT2D eigenvalue weighted by molar-refractivity contribution is -0.117. The fraction of sp³-hybridized carbons (Fsp3) is 0.462. The highest BCUT2D eigenvalue weighted by Crippen LogP contribution is 2.20. The molecule has 5 nitrogen and oxygen atoms in total. The molecule has 0 aliphatic rings. The van der Waals surface area contributed by atoms with Gasteiger partial charge in [0.2, 0.25) is 15.9 Å². The number of carbonyl (C=O) groups excluding carboxylic acids is 1. The average molecular weight is 363 g/mol. The Morgan fingerprint density at radius 1 is 1.20 bits per heavy atom. The Morgan fingerprint density at radius 3 is 2.10 bits per heavy atom. The third kappa shape index (κ3) is 4.88. The van der Waals surface area contributed by atoms with E-state index in [2.05, 4.69) is 26.0 Å². The number of sulfonamides is 1. The molecular weight excluding hydrogens is 344 g/mol. The number of rotatable bonds is 5. The van der Waals surface area contributed by atoms with Gasteiger partial charge < -0.3 is 5.32 Å². The van der Waals surface area contributed by atoms with Gasteiger partial charge in [0, 0.05) is 11.7 Å². The summed E-state index contributed by atoms with van der Waals surface area (Å²) in [4.78, 5) is 11.9. The number of halogens is 1. The highest BCUT2D eigenvalue weighted by atomic mass is 79.9. The van der Waals surface area contributed by atoms with Crippen LogP contribution in [0, 0.1) is 0 Å². The van der Waals surface area contributed by atoms with Gasteiger partial charge in [-0.1, -0.05) is 15.9 Å². The molecule has 1 aromatic carbocycles. The first-order valence-corrected chi connectivity index (χ1v) is 8.43. The average Bonchev–Trinajstić information content (AvgIpc) is 2.26. The van der Waals surface area contributed by atoms with Crippen LogP contribution >= 0.6 is 15.9 Å². The summed E-state index contributed by atoms with van der Waals surface area (Å²) < 4.78 is 25.7. The molecule has 0 atom stereocenters. The molecule has 0 heterocycles. The Kier molecular flexibility index (Phi) is 5.34. The summed E-state index contributed by atoms with van der Waals surface area (Å²) in [6.45, 7) is 6.97. The molecule has 0 saturated heterocycles. The summed E-state index contributed by atoms with van der Waals surface area (Å²) in [6.07, 6.45) is 0. The summed E-state index contributed by atoms with van der Waals surface area (Å²) in [7, 11) is -3.51. The van der Waals surface area contributed by atoms with Crippen LogP contribution in [0.5, 0.6) is 0 Å². The molecule has 0 unspecified atom stereocenters. The summed E-state index contributed by atoms with van der Waals surface area (Å²) in [6, 6.07) is 5.87. The molecule has 2 N–H and O–H groups in total. The highest BCUT2D eigenvalue weighted by Gasteiger charge is 2.23. The smallest absolute Gasteiger partial charge is 0.240 e. The largest absolute Gasteiger partial charge is 0.325 e. The van der Waals surface area contributed by atoms with E-state index in [-0.39, 0.29) is 16.8 Å². The molecule has 0 bridgehead atoms. The minimum Gasteiger partial charge on any atom is -0.325 e. The molecule has 0 aliphatic heterocycles. The van der Waals surface area contributed by atoms with Gasteiger partial charge in [-0.3, -0.25) is 4.79 Å². The predicted octanol–water partition coefficient (Wildman–Crippen LogP) is 2.49. The summed E-state index contributed by atoms with van der Waals surface area (Å²) in [5.74, 6) is -0.201. The van der Waals surface area contributed by atoms with Crippen LogP contribution in [0.25, 0.3) is 0 Å². The van der Waals surface area contributed by atoms with Gasteiger partial charge in [-0.15, -0.1) is 0 Å². The van der Waals surface area contributed by atoms with E-state index in [1.54, 1.807) is 39.8 Å². The number of alkyl halides is 1. The molecule has 1 aromatic rings. The summed E-state index contributed by atoms with van der Waals surface area (Å²) >= 11 is 3.26. The molecule has 0 aliphatic carbocycles. The van der Waals surface area contributed by atoms with Gasteiger partial charge in [0.1, 0.15) is 0 Å². The number of carbonyl (C=O) groups is 1. The molecular formula is C13H19BrN2O3S. The van der Waals surface area contributed by atoms with E-state index < -0.39 is 14.3 Å². The normalized spacial score (nSPS) is 12.5. The quantitative estimate of drug-likeness (QED) is 0.790. The van der Waals surface area contributed by atoms with E-state index in [0.717, 1.165) is 0 Å². The lowest BCUT2D eigenvalue weighted by Gasteiger charge is -2.16. The lowest BCUT2D eigenvalue weighted by Crippen LogP contribution is -2.31. The number of nitrogens with one attached hydrogen (secondary N) is 2. The molecule has 0 fully saturated rings. The van der Waals surface area contributed by atoms with Crippen LogP contribution in [0.1, 0.15) is 27.7 Å². The second-order valence-electron chi connectivity index (χ2n) is 5.23. The molecule has 7 heteroatoms. The minimum absolute atomic E-state index is 0.169. The lowest BCUT2D eigenvalue weighted by atomic mass is 10.2. The molecule has 1 amide bonds. The zero-order valence-electron chi connectivity index (χ0n) is 11.9. The Morgan fingerprint density at radius 2 is 1.70 bits per heavy atom. The van der Waals surface area contributed by atoms with Gasteiger partial charge in [-0.05, 0) is 52.0 Å². The van der Waals surface area contributed by atoms with Crippen LogP contribution in [0.15, 0.2) is 29.2 Å². The van der Waals surface area contributed by atoms with E-state index in [9.17, 15) is 13.2 Å². The van der Waals surface area contributed by atoms with Crippen LogP contribution in [-0.2, 0) is 14.8 Å². The second-order valence-corrected chi connectivity index (χ2v) is 8.92. The van der Waals surface area contributed by atoms with Gasteiger partial charge in [-0.2, -0.15) is 0 Å². The minimum atomic E-state index is -3.51. The topological polar surface area (TPSA) is 75.3 Å². The molecule has 1 rings (SSSR count). The van der Waals surface area contributed by atoms with Crippen LogP contribution < -0.4 is 10.0 Å². The van der Waals surface area contributed by atoms with E-state index in [1.807, 2.05) is 0 Å². The van der Waals surface area contributed by atoms with Crippen LogP contribution in [0.3, 0.4) is 0 Å². The first kappa shape index (κ1) is 17.1. The molecule has 112 valence electrons. The standard InChI is InChI=1S/C13H19BrN2O3S/c1-9(2)16-20(18,19)11-7-5-10(6-8-11)15-12(17)13(3,4)14/h5-9,16H,1-4H3,(H,15,17). The predicted molar refractivity (Wildman–Crippen MR) is 83.5 cm³/mol. The van der Waals surface area contributed by atoms with Crippen LogP contribution in [0.4, 0.5) is 5.69 Å². The molecule has 20 heavy (non-hydrogen) atoms. The van der Waals surface area contributed by atoms with E-state index in [0.29, 0.717) is 5.69 Å². The summed E-state index contributed by atoms with van der Waals surface area (Å²) in [5.41, 5.74) is 0.547. The zero-order chi connectivity index (χ0) is 15.6. The van der Waals surface area contributed by atoms with Crippen molar-refractivity contribution in [3.63, 3.8) is 0 Å². The Bertz CT molecular complexity index is 575. The van der Waals surface area contributed by atoms with Crippen molar-refractivity contribution in [1.29, 1.82) is 0 Å². The van der Waals surface area contributed by atoms with Crippen LogP contribution in [-0.4, -0.2) is 24.7 Å². The number of benzene rings is 1. The molecule has 0 saturated carbocycles. The van der Waals surface area contributed by atoms with Crippen molar-refractivity contribution >= 4 is 37.5 Å². The third-order valence-corrected chi connectivity index (χ3v) is 4.39. The molecule has 0 spiro atoms. The van der Waals surface area contributed by atoms with E-state index in [4.69, 9.17) is 0 Å². The molecule has 0 aromatic heterocycles. The van der Waals surface area contributed by atoms with E-state index >= 15 is 0 Å². The van der Waals surface area contributed by atoms with Crippen molar-refractivity contribution in [1.82, 2.24) is 4.72 Å². The van der Waals surface area contributed by atoms with Gasteiger partial charge in [0.25, 0.3) is 0 Å². The van der Waals surface area contributed by atoms with Crippen molar-refractivity contribution in [3.8, 4) is 0 Å². The number of anilines is 1. The fourth-order valence-electron chi connectivity index (χ4n) is 1.38. The van der Waals surface area contributed by atoms with Crippen molar-refractivity contribution in [3.05, 3.63) is 24.3 Å². The number of amides is 1. The second kappa shape index (κ2) is 6.24. The molecule has 0 radical (unpaired) electrons. The van der Waals surface area contributed by atoms with Crippen molar-refractivity contribution in [2.45, 2.75) is 43.0 Å². The van der Waals surface area contributed by atoms with Crippen LogP contribution in [0.2, 0.25) is 0 Å². The van der Waals surface area contributed by atoms with E-state index in [1.165, 1.54) is 12.1 Å². The van der Waals surface area contributed by atoms with Crippen molar-refractivity contribution in [2.24, 2.45) is 0 Å². The highest BCUT2D eigenvalue weighted by molar-refractivity contribution is 9.10. The van der Waals surface area contributed by atoms with Gasteiger partial charge in [-0.25, -0.2) is 13.1 Å². The third-order valence-electron chi connectivity index (χ3n) is 2.35. The number of hydrogen-bond donors (Lipinski definition) is 2. The van der Waals surface area contributed by atoms with Crippen molar-refractivity contribution in [2.75, 3.05) is 5.32 Å². The maximum atomic E-state index is 11.9. The van der Waals surface area contributed by atoms with Gasteiger partial charge in [0.15, 0.2) is 0 Å². The van der Waals surface area contributed by atoms with Gasteiger partial charge in [0.05, 0.1) is 9.22 Å². The Balaban J connectivity index is 2.87. The first-order valence-electron chi connectivity index (χ1n) is 6.15. The maximum absolute atomic E-state index is 11.9. The Labute approximate surface area is 128 Å². The monoisotopic (exact) mass is 362 g/mol. The Hall–Kier alpha value is -0.920. The summed E-state index contributed by atoms with van der Waals surface area (Å²) in [5, 5.41) is 2.70. The maximum Gasteiger partial charge on any atom is 0.240 e. The zero-order valence-corrected chi connectivity index (χ0v) is 14.3. The fourth-order valence-corrected chi connectivity index (χ4v) is 2.73. The SMILES string of the molecule is CC(C)NS(=O)(=O)c1ccc(NC(=O)C(C)(C)Br)cc1. The number of hydrogen-bond acceptors (Lipinski definition) is 3. The van der Waals surface area contributed by atoms with Gasteiger partial charge >= 0.3 is 0 Å².